The van der Waals surface area contributed by atoms with Crippen molar-refractivity contribution in [1.82, 2.24) is 9.97 Å². The second kappa shape index (κ2) is 15.8. The summed E-state index contributed by atoms with van der Waals surface area (Å²) in [5.74, 6) is 1.45. The molecule has 1 atom stereocenters. The van der Waals surface area contributed by atoms with Gasteiger partial charge >= 0.3 is 0 Å². The molecule has 31 heavy (non-hydrogen) atoms. The van der Waals surface area contributed by atoms with Crippen molar-refractivity contribution in [3.63, 3.8) is 0 Å². The highest BCUT2D eigenvalue weighted by molar-refractivity contribution is 5.55. The number of ether oxygens (including phenoxy) is 1. The number of hydrogen-bond acceptors (Lipinski definition) is 4. The van der Waals surface area contributed by atoms with E-state index in [0.29, 0.717) is 0 Å². The first-order valence-corrected chi connectivity index (χ1v) is 12.4. The largest absolute Gasteiger partial charge is 0.490 e. The highest BCUT2D eigenvalue weighted by atomic mass is 16.5. The molecule has 2 rings (SSSR count). The van der Waals surface area contributed by atoms with Gasteiger partial charge in [-0.15, -0.1) is 0 Å². The lowest BCUT2D eigenvalue weighted by molar-refractivity contribution is 0.151. The molecule has 1 N–H and O–H groups in total. The van der Waals surface area contributed by atoms with Crippen LogP contribution in [-0.2, 0) is 6.42 Å². The van der Waals surface area contributed by atoms with E-state index in [1.54, 1.807) is 12.4 Å². The quantitative estimate of drug-likeness (QED) is 0.273. The summed E-state index contributed by atoms with van der Waals surface area (Å²) in [5, 5.41) is 10.2. The van der Waals surface area contributed by atoms with Crippen LogP contribution in [0.3, 0.4) is 0 Å². The maximum absolute atomic E-state index is 10.2. The third kappa shape index (κ3) is 10.8. The van der Waals surface area contributed by atoms with Gasteiger partial charge in [-0.3, -0.25) is 0 Å². The number of rotatable bonds is 17. The van der Waals surface area contributed by atoms with Gasteiger partial charge in [-0.25, -0.2) is 9.97 Å². The van der Waals surface area contributed by atoms with Crippen LogP contribution in [0, 0.1) is 0 Å². The van der Waals surface area contributed by atoms with Crippen molar-refractivity contribution in [3.05, 3.63) is 42.2 Å². The van der Waals surface area contributed by atoms with Gasteiger partial charge in [-0.2, -0.15) is 0 Å². The standard InChI is InChI=1S/C27H42N2O2/c1-3-5-7-9-10-12-20-31-26-21-28-27(29-22-26)24-17-14-23(15-18-24)16-19-25(30)13-11-8-6-4-2/h14-15,17-18,21-22,25,30H,3-13,16,19-20H2,1-2H3/t25-/m1/s1. The number of aliphatic hydroxyl groups excluding tert-OH is 1. The molecule has 0 spiro atoms. The molecule has 4 nitrogen and oxygen atoms in total. The maximum Gasteiger partial charge on any atom is 0.159 e. The van der Waals surface area contributed by atoms with Crippen molar-refractivity contribution in [2.24, 2.45) is 0 Å². The van der Waals surface area contributed by atoms with Gasteiger partial charge in [0.05, 0.1) is 25.1 Å². The van der Waals surface area contributed by atoms with Gasteiger partial charge in [-0.05, 0) is 31.2 Å². The summed E-state index contributed by atoms with van der Waals surface area (Å²) in [7, 11) is 0. The summed E-state index contributed by atoms with van der Waals surface area (Å²) in [5.41, 5.74) is 2.25. The first kappa shape index (κ1) is 25.3. The lowest BCUT2D eigenvalue weighted by Crippen LogP contribution is -2.07. The Bertz CT molecular complexity index is 685. The van der Waals surface area contributed by atoms with Crippen LogP contribution >= 0.6 is 0 Å². The van der Waals surface area contributed by atoms with E-state index in [1.165, 1.54) is 56.9 Å². The molecule has 0 amide bonds. The predicted octanol–water partition coefficient (Wildman–Crippen LogP) is 7.15. The van der Waals surface area contributed by atoms with Gasteiger partial charge in [-0.1, -0.05) is 95.9 Å². The number of aliphatic hydroxyl groups is 1. The van der Waals surface area contributed by atoms with E-state index in [0.717, 1.165) is 55.8 Å². The summed E-state index contributed by atoms with van der Waals surface area (Å²) in [6, 6.07) is 8.36. The van der Waals surface area contributed by atoms with Crippen molar-refractivity contribution < 1.29 is 9.84 Å². The molecule has 2 aromatic rings. The summed E-state index contributed by atoms with van der Waals surface area (Å²) in [6.45, 7) is 5.18. The second-order valence-electron chi connectivity index (χ2n) is 8.60. The van der Waals surface area contributed by atoms with Crippen molar-refractivity contribution in [3.8, 4) is 17.1 Å². The van der Waals surface area contributed by atoms with Crippen LogP contribution in [0.2, 0.25) is 0 Å². The first-order valence-electron chi connectivity index (χ1n) is 12.4. The van der Waals surface area contributed by atoms with E-state index in [9.17, 15) is 5.11 Å². The lowest BCUT2D eigenvalue weighted by atomic mass is 10.0. The zero-order valence-electron chi connectivity index (χ0n) is 19.7. The molecule has 0 aliphatic rings. The number of benzene rings is 1. The van der Waals surface area contributed by atoms with Crippen LogP contribution in [-0.4, -0.2) is 27.8 Å². The fourth-order valence-electron chi connectivity index (χ4n) is 3.72. The Morgan fingerprint density at radius 2 is 1.39 bits per heavy atom. The monoisotopic (exact) mass is 426 g/mol. The number of aryl methyl sites for hydroxylation is 1. The molecule has 1 heterocycles. The Labute approximate surface area is 189 Å². The molecule has 0 fully saturated rings. The number of aromatic nitrogens is 2. The van der Waals surface area contributed by atoms with Crippen molar-refractivity contribution in [1.29, 1.82) is 0 Å². The molecule has 0 aliphatic heterocycles. The molecule has 0 bridgehead atoms. The molecule has 1 aromatic heterocycles. The Hall–Kier alpha value is -1.94. The van der Waals surface area contributed by atoms with Crippen LogP contribution in [0.1, 0.15) is 96.5 Å². The topological polar surface area (TPSA) is 55.2 Å². The highest BCUT2D eigenvalue weighted by Crippen LogP contribution is 2.19. The molecule has 0 aliphatic carbocycles. The lowest BCUT2D eigenvalue weighted by Gasteiger charge is -2.10. The minimum absolute atomic E-state index is 0.191. The van der Waals surface area contributed by atoms with E-state index in [4.69, 9.17) is 4.74 Å². The average Bonchev–Trinajstić information content (AvgIpc) is 2.81. The maximum atomic E-state index is 10.2. The zero-order valence-corrected chi connectivity index (χ0v) is 19.7. The molecular weight excluding hydrogens is 384 g/mol. The second-order valence-corrected chi connectivity index (χ2v) is 8.60. The Morgan fingerprint density at radius 3 is 2.06 bits per heavy atom. The summed E-state index contributed by atoms with van der Waals surface area (Å²) in [4.78, 5) is 8.93. The average molecular weight is 427 g/mol. The Balaban J connectivity index is 1.69. The molecule has 0 radical (unpaired) electrons. The first-order chi connectivity index (χ1) is 15.2. The number of hydrogen-bond donors (Lipinski definition) is 1. The molecule has 0 saturated carbocycles. The fraction of sp³-hybridized carbons (Fsp3) is 0.630. The normalized spacial score (nSPS) is 12.1. The molecule has 1 aromatic carbocycles. The van der Waals surface area contributed by atoms with Gasteiger partial charge in [0.25, 0.3) is 0 Å². The number of unbranched alkanes of at least 4 members (excludes halogenated alkanes) is 8. The van der Waals surface area contributed by atoms with E-state index >= 15 is 0 Å². The summed E-state index contributed by atoms with van der Waals surface area (Å²) >= 11 is 0. The molecule has 0 saturated heterocycles. The van der Waals surface area contributed by atoms with Crippen molar-refractivity contribution in [2.45, 2.75) is 103 Å². The fourth-order valence-corrected chi connectivity index (χ4v) is 3.72. The summed E-state index contributed by atoms with van der Waals surface area (Å²) in [6.07, 6.45) is 18.4. The third-order valence-corrected chi connectivity index (χ3v) is 5.76. The van der Waals surface area contributed by atoms with Gasteiger partial charge < -0.3 is 9.84 Å². The molecule has 0 unspecified atom stereocenters. The smallest absolute Gasteiger partial charge is 0.159 e. The van der Waals surface area contributed by atoms with Crippen molar-refractivity contribution >= 4 is 0 Å². The van der Waals surface area contributed by atoms with Crippen LogP contribution in [0.4, 0.5) is 0 Å². The minimum atomic E-state index is -0.191. The van der Waals surface area contributed by atoms with Crippen LogP contribution < -0.4 is 4.74 Å². The van der Waals surface area contributed by atoms with E-state index in [2.05, 4.69) is 48.1 Å². The molecule has 4 heteroatoms. The van der Waals surface area contributed by atoms with E-state index in [1.807, 2.05) is 0 Å². The van der Waals surface area contributed by atoms with Gasteiger partial charge in [0.2, 0.25) is 0 Å². The third-order valence-electron chi connectivity index (χ3n) is 5.76. The molecular formula is C27H42N2O2. The van der Waals surface area contributed by atoms with Crippen molar-refractivity contribution in [2.75, 3.05) is 6.61 Å². The van der Waals surface area contributed by atoms with Crippen LogP contribution in [0.25, 0.3) is 11.4 Å². The van der Waals surface area contributed by atoms with Crippen LogP contribution in [0.15, 0.2) is 36.7 Å². The molecule has 172 valence electrons. The summed E-state index contributed by atoms with van der Waals surface area (Å²) < 4.78 is 5.77. The predicted molar refractivity (Wildman–Crippen MR) is 129 cm³/mol. The van der Waals surface area contributed by atoms with E-state index < -0.39 is 0 Å². The van der Waals surface area contributed by atoms with Gasteiger partial charge in [0.15, 0.2) is 11.6 Å². The van der Waals surface area contributed by atoms with E-state index in [-0.39, 0.29) is 6.10 Å². The number of nitrogens with zero attached hydrogens (tertiary/aromatic N) is 2. The van der Waals surface area contributed by atoms with Gasteiger partial charge in [0.1, 0.15) is 0 Å². The highest BCUT2D eigenvalue weighted by Gasteiger charge is 2.06. The Kier molecular flexibility index (Phi) is 12.9. The Morgan fingerprint density at radius 1 is 0.774 bits per heavy atom. The SMILES string of the molecule is CCCCCCCCOc1cnc(-c2ccc(CC[C@H](O)CCCCCC)cc2)nc1. The van der Waals surface area contributed by atoms with Crippen LogP contribution in [0.5, 0.6) is 5.75 Å². The zero-order chi connectivity index (χ0) is 22.2. The minimum Gasteiger partial charge on any atom is -0.490 e. The van der Waals surface area contributed by atoms with Gasteiger partial charge in [0, 0.05) is 5.56 Å².